The number of rotatable bonds is 5. The van der Waals surface area contributed by atoms with Crippen LogP contribution in [0.1, 0.15) is 62.4 Å². The second kappa shape index (κ2) is 9.81. The number of aromatic nitrogens is 2. The van der Waals surface area contributed by atoms with Crippen molar-refractivity contribution in [2.45, 2.75) is 65.8 Å². The van der Waals surface area contributed by atoms with Gasteiger partial charge in [-0.15, -0.1) is 0 Å². The van der Waals surface area contributed by atoms with E-state index in [1.165, 1.54) is 54.4 Å². The van der Waals surface area contributed by atoms with Crippen molar-refractivity contribution in [2.75, 3.05) is 19.6 Å². The van der Waals surface area contributed by atoms with E-state index < -0.39 is 0 Å². The van der Waals surface area contributed by atoms with Crippen molar-refractivity contribution in [2.24, 2.45) is 11.8 Å². The predicted octanol–water partition coefficient (Wildman–Crippen LogP) is 6.69. The fraction of sp³-hybridized carbons (Fsp3) is 0.517. The van der Waals surface area contributed by atoms with Gasteiger partial charge in [0.15, 0.2) is 0 Å². The number of nitrogens with zero attached hydrogens (tertiary/aromatic N) is 3. The van der Waals surface area contributed by atoms with Gasteiger partial charge in [0.1, 0.15) is 5.82 Å². The highest BCUT2D eigenvalue weighted by Crippen LogP contribution is 2.36. The van der Waals surface area contributed by atoms with E-state index in [1.54, 1.807) is 0 Å². The molecular weight excluding hydrogens is 420 g/mol. The average molecular weight is 459 g/mol. The van der Waals surface area contributed by atoms with E-state index in [4.69, 9.17) is 0 Å². The molecule has 1 aromatic heterocycles. The Hall–Kier alpha value is -2.82. The number of amides is 2. The van der Waals surface area contributed by atoms with Gasteiger partial charge in [-0.05, 0) is 85.4 Å². The smallest absolute Gasteiger partial charge is 0.320 e. The van der Waals surface area contributed by atoms with E-state index in [0.717, 1.165) is 48.8 Å². The van der Waals surface area contributed by atoms with Gasteiger partial charge in [-0.25, -0.2) is 9.78 Å². The van der Waals surface area contributed by atoms with E-state index in [0.29, 0.717) is 12.5 Å². The molecule has 5 nitrogen and oxygen atoms in total. The summed E-state index contributed by atoms with van der Waals surface area (Å²) < 4.78 is 0. The van der Waals surface area contributed by atoms with Gasteiger partial charge in [0.05, 0.1) is 11.0 Å². The van der Waals surface area contributed by atoms with Crippen molar-refractivity contribution < 1.29 is 4.79 Å². The molecule has 1 N–H and O–H groups in total. The van der Waals surface area contributed by atoms with Crippen LogP contribution in [-0.2, 0) is 6.54 Å². The second-order valence-corrected chi connectivity index (χ2v) is 10.4. The van der Waals surface area contributed by atoms with Gasteiger partial charge in [-0.3, -0.25) is 0 Å². The highest BCUT2D eigenvalue weighted by atomic mass is 16.2. The molecule has 1 saturated carbocycles. The molecule has 1 aliphatic carbocycles. The number of benzene rings is 2. The molecule has 2 atom stereocenters. The van der Waals surface area contributed by atoms with Crippen LogP contribution in [0.3, 0.4) is 0 Å². The molecule has 2 amide bonds. The Kier molecular flexibility index (Phi) is 6.62. The summed E-state index contributed by atoms with van der Waals surface area (Å²) in [5, 5.41) is 0. The molecule has 0 radical (unpaired) electrons. The Morgan fingerprint density at radius 1 is 1.06 bits per heavy atom. The first kappa shape index (κ1) is 22.9. The van der Waals surface area contributed by atoms with Crippen LogP contribution in [0.2, 0.25) is 0 Å². The van der Waals surface area contributed by atoms with E-state index >= 15 is 0 Å². The molecule has 2 aliphatic rings. The maximum atomic E-state index is 13.6. The molecule has 3 aromatic rings. The molecule has 2 fully saturated rings. The number of hydrogen-bond acceptors (Lipinski definition) is 2. The molecule has 5 heteroatoms. The number of carbonyl (C=O) groups is 1. The Morgan fingerprint density at radius 3 is 2.65 bits per heavy atom. The van der Waals surface area contributed by atoms with E-state index in [9.17, 15) is 4.79 Å². The van der Waals surface area contributed by atoms with Crippen LogP contribution in [0, 0.1) is 25.7 Å². The van der Waals surface area contributed by atoms with E-state index in [1.807, 2.05) is 6.92 Å². The number of imidazole rings is 1. The Labute approximate surface area is 203 Å². The van der Waals surface area contributed by atoms with Crippen LogP contribution in [0.4, 0.5) is 4.79 Å². The number of hydrogen-bond donors (Lipinski definition) is 1. The molecule has 0 spiro atoms. The largest absolute Gasteiger partial charge is 0.342 e. The van der Waals surface area contributed by atoms with Crippen LogP contribution in [0.5, 0.6) is 0 Å². The number of urea groups is 1. The van der Waals surface area contributed by atoms with Gasteiger partial charge in [0, 0.05) is 26.2 Å². The zero-order valence-corrected chi connectivity index (χ0v) is 20.9. The van der Waals surface area contributed by atoms with Crippen LogP contribution < -0.4 is 0 Å². The Balaban J connectivity index is 1.35. The summed E-state index contributed by atoms with van der Waals surface area (Å²) in [7, 11) is 0. The quantitative estimate of drug-likeness (QED) is 0.463. The minimum Gasteiger partial charge on any atom is -0.342 e. The fourth-order valence-electron chi connectivity index (χ4n) is 6.03. The monoisotopic (exact) mass is 458 g/mol. The zero-order valence-electron chi connectivity index (χ0n) is 20.9. The van der Waals surface area contributed by atoms with Gasteiger partial charge in [0.25, 0.3) is 0 Å². The fourth-order valence-corrected chi connectivity index (χ4v) is 6.03. The normalized spacial score (nSPS) is 20.4. The minimum absolute atomic E-state index is 0.227. The molecule has 1 aliphatic heterocycles. The van der Waals surface area contributed by atoms with Crippen LogP contribution in [0.15, 0.2) is 36.4 Å². The highest BCUT2D eigenvalue weighted by Gasteiger charge is 2.34. The first-order valence-corrected chi connectivity index (χ1v) is 13.1. The van der Waals surface area contributed by atoms with Crippen molar-refractivity contribution in [3.05, 3.63) is 53.3 Å². The summed E-state index contributed by atoms with van der Waals surface area (Å²) in [5.74, 6) is 2.48. The second-order valence-electron chi connectivity index (χ2n) is 10.4. The molecule has 2 heterocycles. The standard InChI is InChI=1S/C29H38N4O/c1-4-14-32(29(34)33-15-13-22-7-5-6-8-25(22)18-33)19-26-16-23(10-9-20(26)2)24-11-12-27-28(17-24)31-21(3)30-27/h9-12,16-17,22,25H,4-8,13-15,18-19H2,1-3H3,(H,30,31). The van der Waals surface area contributed by atoms with Crippen molar-refractivity contribution >= 4 is 17.1 Å². The lowest BCUT2D eigenvalue weighted by Crippen LogP contribution is -2.50. The van der Waals surface area contributed by atoms with Crippen molar-refractivity contribution in [3.63, 3.8) is 0 Å². The molecular formula is C29H38N4O. The Morgan fingerprint density at radius 2 is 1.82 bits per heavy atom. The van der Waals surface area contributed by atoms with Crippen molar-refractivity contribution in [1.29, 1.82) is 0 Å². The number of fused-ring (bicyclic) bond motifs is 2. The third-order valence-electron chi connectivity index (χ3n) is 7.97. The minimum atomic E-state index is 0.227. The van der Waals surface area contributed by atoms with Crippen molar-refractivity contribution in [1.82, 2.24) is 19.8 Å². The number of nitrogens with one attached hydrogen (secondary N) is 1. The number of aromatic amines is 1. The summed E-state index contributed by atoms with van der Waals surface area (Å²) in [6.45, 7) is 9.64. The summed E-state index contributed by atoms with van der Waals surface area (Å²) in [5.41, 5.74) is 6.88. The number of carbonyl (C=O) groups excluding carboxylic acids is 1. The van der Waals surface area contributed by atoms with Crippen molar-refractivity contribution in [3.8, 4) is 11.1 Å². The van der Waals surface area contributed by atoms with Gasteiger partial charge in [-0.2, -0.15) is 0 Å². The molecule has 180 valence electrons. The molecule has 34 heavy (non-hydrogen) atoms. The van der Waals surface area contributed by atoms with E-state index in [2.05, 4.69) is 70.0 Å². The van der Waals surface area contributed by atoms with Gasteiger partial charge >= 0.3 is 6.03 Å². The number of aryl methyl sites for hydroxylation is 2. The first-order valence-electron chi connectivity index (χ1n) is 13.1. The van der Waals surface area contributed by atoms with E-state index in [-0.39, 0.29) is 6.03 Å². The molecule has 5 rings (SSSR count). The highest BCUT2D eigenvalue weighted by molar-refractivity contribution is 5.82. The number of H-pyrrole nitrogens is 1. The summed E-state index contributed by atoms with van der Waals surface area (Å²) >= 11 is 0. The maximum absolute atomic E-state index is 13.6. The predicted molar refractivity (Wildman–Crippen MR) is 139 cm³/mol. The SMILES string of the molecule is CCCN(Cc1cc(-c2ccc3nc(C)[nH]c3c2)ccc1C)C(=O)N1CCC2CCCCC2C1. The average Bonchev–Trinajstić information content (AvgIpc) is 3.23. The van der Waals surface area contributed by atoms with Gasteiger partial charge in [-0.1, -0.05) is 44.4 Å². The lowest BCUT2D eigenvalue weighted by atomic mass is 9.75. The van der Waals surface area contributed by atoms with Crippen LogP contribution >= 0.6 is 0 Å². The molecule has 1 saturated heterocycles. The number of piperidine rings is 1. The van der Waals surface area contributed by atoms with Gasteiger partial charge < -0.3 is 14.8 Å². The third-order valence-corrected chi connectivity index (χ3v) is 7.97. The molecule has 2 aromatic carbocycles. The lowest BCUT2D eigenvalue weighted by molar-refractivity contribution is 0.0822. The first-order chi connectivity index (χ1) is 16.5. The van der Waals surface area contributed by atoms with Gasteiger partial charge in [0.2, 0.25) is 0 Å². The van der Waals surface area contributed by atoms with Crippen LogP contribution in [0.25, 0.3) is 22.2 Å². The third kappa shape index (κ3) is 4.70. The molecule has 2 unspecified atom stereocenters. The summed E-state index contributed by atoms with van der Waals surface area (Å²) in [6.07, 6.45) is 7.52. The summed E-state index contributed by atoms with van der Waals surface area (Å²) in [4.78, 5) is 25.7. The lowest BCUT2D eigenvalue weighted by Gasteiger charge is -2.42. The summed E-state index contributed by atoms with van der Waals surface area (Å²) in [6, 6.07) is 13.3. The Bertz CT molecular complexity index is 1170. The maximum Gasteiger partial charge on any atom is 0.320 e. The number of likely N-dealkylation sites (tertiary alicyclic amines) is 1. The van der Waals surface area contributed by atoms with Crippen LogP contribution in [-0.4, -0.2) is 45.4 Å². The topological polar surface area (TPSA) is 52.2 Å². The zero-order chi connectivity index (χ0) is 23.7. The molecule has 0 bridgehead atoms.